The van der Waals surface area contributed by atoms with Gasteiger partial charge in [0, 0.05) is 6.07 Å². The van der Waals surface area contributed by atoms with Crippen LogP contribution in [-0.4, -0.2) is 23.0 Å². The van der Waals surface area contributed by atoms with Crippen molar-refractivity contribution in [1.29, 1.82) is 0 Å². The molecule has 0 saturated heterocycles. The van der Waals surface area contributed by atoms with Crippen molar-refractivity contribution in [2.24, 2.45) is 0 Å². The smallest absolute Gasteiger partial charge is 0.339 e. The molecule has 0 radical (unpaired) electrons. The Bertz CT molecular complexity index is 904. The number of benzene rings is 1. The molecule has 0 fully saturated rings. The fourth-order valence-corrected chi connectivity index (χ4v) is 3.08. The number of imidazole rings is 1. The molecular formula is C13H10BrN3O3S. The van der Waals surface area contributed by atoms with Crippen molar-refractivity contribution in [1.82, 2.24) is 14.6 Å². The maximum absolute atomic E-state index is 12.3. The minimum atomic E-state index is -3.91. The zero-order valence-corrected chi connectivity index (χ0v) is 13.3. The summed E-state index contributed by atoms with van der Waals surface area (Å²) in [5.74, 6) is 0.122. The lowest BCUT2D eigenvalue weighted by Gasteiger charge is -2.07. The van der Waals surface area contributed by atoms with Crippen LogP contribution in [0.1, 0.15) is 5.56 Å². The topological polar surface area (TPSA) is 73.6 Å². The van der Waals surface area contributed by atoms with E-state index in [1.165, 1.54) is 35.1 Å². The molecule has 0 aliphatic heterocycles. The van der Waals surface area contributed by atoms with Gasteiger partial charge in [-0.3, -0.25) is 0 Å². The highest BCUT2D eigenvalue weighted by Crippen LogP contribution is 2.24. The van der Waals surface area contributed by atoms with E-state index >= 15 is 0 Å². The number of hydrogen-bond donors (Lipinski definition) is 0. The second-order valence-electron chi connectivity index (χ2n) is 4.36. The first-order chi connectivity index (χ1) is 9.97. The highest BCUT2D eigenvalue weighted by molar-refractivity contribution is 9.10. The second-order valence-corrected chi connectivity index (χ2v) is 6.72. The normalized spacial score (nSPS) is 11.7. The van der Waals surface area contributed by atoms with E-state index in [9.17, 15) is 8.42 Å². The molecule has 1 aromatic carbocycles. The van der Waals surface area contributed by atoms with Crippen LogP contribution in [0.25, 0.3) is 5.65 Å². The third kappa shape index (κ3) is 2.64. The third-order valence-corrected chi connectivity index (χ3v) is 4.62. The first kappa shape index (κ1) is 14.0. The maximum Gasteiger partial charge on any atom is 0.339 e. The molecular weight excluding hydrogens is 358 g/mol. The average molecular weight is 368 g/mol. The molecule has 0 saturated carbocycles. The van der Waals surface area contributed by atoms with Crippen LogP contribution in [0.15, 0.2) is 52.2 Å². The van der Waals surface area contributed by atoms with Gasteiger partial charge in [0.15, 0.2) is 11.4 Å². The Morgan fingerprint density at radius 3 is 2.62 bits per heavy atom. The van der Waals surface area contributed by atoms with Gasteiger partial charge in [0.05, 0.1) is 12.4 Å². The minimum absolute atomic E-state index is 0.0914. The van der Waals surface area contributed by atoms with Crippen molar-refractivity contribution in [3.63, 3.8) is 0 Å². The van der Waals surface area contributed by atoms with Gasteiger partial charge in [-0.1, -0.05) is 17.7 Å². The summed E-state index contributed by atoms with van der Waals surface area (Å²) < 4.78 is 31.8. The van der Waals surface area contributed by atoms with Crippen molar-refractivity contribution in [3.8, 4) is 5.75 Å². The van der Waals surface area contributed by atoms with Gasteiger partial charge in [0.25, 0.3) is 0 Å². The van der Waals surface area contributed by atoms with Gasteiger partial charge in [-0.05, 0) is 35.0 Å². The zero-order valence-electron chi connectivity index (χ0n) is 10.9. The Hall–Kier alpha value is -1.93. The summed E-state index contributed by atoms with van der Waals surface area (Å²) in [6, 6.07) is 7.89. The van der Waals surface area contributed by atoms with Gasteiger partial charge in [0.1, 0.15) is 9.50 Å². The number of aromatic nitrogens is 3. The largest absolute Gasteiger partial charge is 0.375 e. The molecule has 0 aliphatic rings. The van der Waals surface area contributed by atoms with E-state index in [-0.39, 0.29) is 10.6 Å². The van der Waals surface area contributed by atoms with Crippen LogP contribution in [0.4, 0.5) is 0 Å². The lowest BCUT2D eigenvalue weighted by Crippen LogP contribution is -2.11. The van der Waals surface area contributed by atoms with E-state index < -0.39 is 10.1 Å². The Kier molecular flexibility index (Phi) is 3.42. The Morgan fingerprint density at radius 1 is 1.19 bits per heavy atom. The fourth-order valence-electron chi connectivity index (χ4n) is 1.78. The number of fused-ring (bicyclic) bond motifs is 1. The summed E-state index contributed by atoms with van der Waals surface area (Å²) in [4.78, 5) is 4.17. The Balaban J connectivity index is 2.03. The van der Waals surface area contributed by atoms with Gasteiger partial charge in [-0.25, -0.2) is 9.50 Å². The Labute approximate surface area is 129 Å². The van der Waals surface area contributed by atoms with Crippen molar-refractivity contribution in [2.75, 3.05) is 0 Å². The van der Waals surface area contributed by atoms with E-state index in [0.717, 1.165) is 5.56 Å². The molecule has 8 heteroatoms. The van der Waals surface area contributed by atoms with Crippen LogP contribution in [-0.2, 0) is 10.1 Å². The molecule has 0 spiro atoms. The molecule has 0 unspecified atom stereocenters. The third-order valence-electron chi connectivity index (χ3n) is 2.83. The molecule has 0 bridgehead atoms. The SMILES string of the molecule is Cc1ccc(S(=O)(=O)Oc2ccnn3c(Br)cnc23)cc1. The summed E-state index contributed by atoms with van der Waals surface area (Å²) in [5, 5.41) is 4.05. The quantitative estimate of drug-likeness (QED) is 0.665. The van der Waals surface area contributed by atoms with Gasteiger partial charge in [-0.2, -0.15) is 13.5 Å². The standard InChI is InChI=1S/C13H10BrN3O3S/c1-9-2-4-10(5-3-9)21(18,19)20-11-6-7-16-17-12(14)8-15-13(11)17/h2-8H,1H3. The van der Waals surface area contributed by atoms with E-state index in [4.69, 9.17) is 4.18 Å². The van der Waals surface area contributed by atoms with Crippen molar-refractivity contribution in [3.05, 3.63) is 52.9 Å². The molecule has 3 rings (SSSR count). The zero-order chi connectivity index (χ0) is 15.0. The highest BCUT2D eigenvalue weighted by atomic mass is 79.9. The number of nitrogens with zero attached hydrogens (tertiary/aromatic N) is 3. The number of hydrogen-bond acceptors (Lipinski definition) is 5. The predicted molar refractivity (Wildman–Crippen MR) is 79.7 cm³/mol. The molecule has 3 aromatic rings. The predicted octanol–water partition coefficient (Wildman–Crippen LogP) is 2.57. The van der Waals surface area contributed by atoms with Gasteiger partial charge >= 0.3 is 10.1 Å². The van der Waals surface area contributed by atoms with E-state index in [0.29, 0.717) is 10.3 Å². The lowest BCUT2D eigenvalue weighted by molar-refractivity contribution is 0.486. The monoisotopic (exact) mass is 367 g/mol. The number of aryl methyl sites for hydroxylation is 1. The fraction of sp³-hybridized carbons (Fsp3) is 0.0769. The molecule has 108 valence electrons. The van der Waals surface area contributed by atoms with Crippen molar-refractivity contribution in [2.45, 2.75) is 11.8 Å². The molecule has 21 heavy (non-hydrogen) atoms. The second kappa shape index (κ2) is 5.12. The summed E-state index contributed by atoms with van der Waals surface area (Å²) in [6.45, 7) is 1.88. The maximum atomic E-state index is 12.3. The molecule has 0 aliphatic carbocycles. The van der Waals surface area contributed by atoms with Crippen LogP contribution in [0.2, 0.25) is 0 Å². The van der Waals surface area contributed by atoms with E-state index in [1.54, 1.807) is 12.1 Å². The highest BCUT2D eigenvalue weighted by Gasteiger charge is 2.19. The summed E-state index contributed by atoms with van der Waals surface area (Å²) >= 11 is 3.27. The van der Waals surface area contributed by atoms with Gasteiger partial charge in [-0.15, -0.1) is 0 Å². The van der Waals surface area contributed by atoms with Gasteiger partial charge in [0.2, 0.25) is 0 Å². The molecule has 0 N–H and O–H groups in total. The number of rotatable bonds is 3. The summed E-state index contributed by atoms with van der Waals surface area (Å²) in [6.07, 6.45) is 2.97. The average Bonchev–Trinajstić information content (AvgIpc) is 2.82. The van der Waals surface area contributed by atoms with Crippen molar-refractivity contribution < 1.29 is 12.6 Å². The van der Waals surface area contributed by atoms with E-state index in [1.807, 2.05) is 6.92 Å². The van der Waals surface area contributed by atoms with Crippen LogP contribution < -0.4 is 4.18 Å². The van der Waals surface area contributed by atoms with Crippen molar-refractivity contribution >= 4 is 31.7 Å². The summed E-state index contributed by atoms with van der Waals surface area (Å²) in [7, 11) is -3.91. The molecule has 0 amide bonds. The number of halogens is 1. The molecule has 0 atom stereocenters. The van der Waals surface area contributed by atoms with E-state index in [2.05, 4.69) is 26.0 Å². The van der Waals surface area contributed by atoms with Crippen LogP contribution in [0.3, 0.4) is 0 Å². The lowest BCUT2D eigenvalue weighted by atomic mass is 10.2. The summed E-state index contributed by atoms with van der Waals surface area (Å²) in [5.41, 5.74) is 1.29. The molecule has 6 nitrogen and oxygen atoms in total. The molecule has 2 heterocycles. The van der Waals surface area contributed by atoms with Crippen LogP contribution in [0, 0.1) is 6.92 Å². The minimum Gasteiger partial charge on any atom is -0.375 e. The van der Waals surface area contributed by atoms with Crippen LogP contribution >= 0.6 is 15.9 Å². The van der Waals surface area contributed by atoms with Crippen LogP contribution in [0.5, 0.6) is 5.75 Å². The molecule has 2 aromatic heterocycles. The van der Waals surface area contributed by atoms with Gasteiger partial charge < -0.3 is 4.18 Å². The first-order valence-electron chi connectivity index (χ1n) is 5.97. The first-order valence-corrected chi connectivity index (χ1v) is 8.17. The Morgan fingerprint density at radius 2 is 1.90 bits per heavy atom.